The Labute approximate surface area is 110 Å². The molecule has 0 spiro atoms. The van der Waals surface area contributed by atoms with Gasteiger partial charge in [-0.25, -0.2) is 4.98 Å². The monoisotopic (exact) mass is 260 g/mol. The van der Waals surface area contributed by atoms with Crippen LogP contribution in [0.15, 0.2) is 23.1 Å². The molecule has 1 aliphatic rings. The Morgan fingerprint density at radius 2 is 2.05 bits per heavy atom. The van der Waals surface area contributed by atoms with Crippen molar-refractivity contribution in [3.63, 3.8) is 0 Å². The number of aliphatic hydroxyl groups is 1. The summed E-state index contributed by atoms with van der Waals surface area (Å²) in [7, 11) is 0. The van der Waals surface area contributed by atoms with E-state index in [1.165, 1.54) is 6.42 Å². The van der Waals surface area contributed by atoms with Gasteiger partial charge >= 0.3 is 0 Å². The predicted octanol–water partition coefficient (Wildman–Crippen LogP) is 1.76. The highest BCUT2D eigenvalue weighted by Gasteiger charge is 2.31. The molecule has 0 aromatic carbocycles. The Hall–Kier alpha value is -1.82. The molecule has 2 aromatic rings. The van der Waals surface area contributed by atoms with Gasteiger partial charge in [-0.05, 0) is 12.8 Å². The molecule has 6 nitrogen and oxygen atoms in total. The number of nitrogens with zero attached hydrogens (tertiary/aromatic N) is 4. The molecule has 0 amide bonds. The summed E-state index contributed by atoms with van der Waals surface area (Å²) in [5.41, 5.74) is -0.113. The summed E-state index contributed by atoms with van der Waals surface area (Å²) in [4.78, 5) is 12.4. The Balaban J connectivity index is 1.75. The van der Waals surface area contributed by atoms with Gasteiger partial charge in [-0.3, -0.25) is 4.98 Å². The van der Waals surface area contributed by atoms with Crippen molar-refractivity contribution >= 4 is 0 Å². The predicted molar refractivity (Wildman–Crippen MR) is 67.1 cm³/mol. The minimum atomic E-state index is -0.690. The fourth-order valence-electron chi connectivity index (χ4n) is 2.51. The van der Waals surface area contributed by atoms with Crippen molar-refractivity contribution < 1.29 is 9.63 Å². The summed E-state index contributed by atoms with van der Waals surface area (Å²) in [6.07, 6.45) is 10.1. The van der Waals surface area contributed by atoms with Gasteiger partial charge in [0.25, 0.3) is 0 Å². The molecule has 0 atom stereocenters. The van der Waals surface area contributed by atoms with Crippen LogP contribution in [-0.4, -0.2) is 30.8 Å². The van der Waals surface area contributed by atoms with E-state index in [1.54, 1.807) is 18.6 Å². The highest BCUT2D eigenvalue weighted by molar-refractivity contribution is 5.45. The van der Waals surface area contributed by atoms with Crippen molar-refractivity contribution in [2.75, 3.05) is 0 Å². The van der Waals surface area contributed by atoms with Crippen LogP contribution in [0, 0.1) is 0 Å². The van der Waals surface area contributed by atoms with Crippen LogP contribution >= 0.6 is 0 Å². The van der Waals surface area contributed by atoms with Gasteiger partial charge in [0.05, 0.1) is 18.2 Å². The van der Waals surface area contributed by atoms with E-state index < -0.39 is 5.60 Å². The van der Waals surface area contributed by atoms with E-state index in [9.17, 15) is 5.11 Å². The quantitative estimate of drug-likeness (QED) is 0.905. The molecule has 0 saturated heterocycles. The van der Waals surface area contributed by atoms with Crippen molar-refractivity contribution in [3.05, 3.63) is 24.5 Å². The first kappa shape index (κ1) is 12.2. The third kappa shape index (κ3) is 2.78. The average molecular weight is 260 g/mol. The molecule has 0 unspecified atom stereocenters. The lowest BCUT2D eigenvalue weighted by Crippen LogP contribution is -2.33. The van der Waals surface area contributed by atoms with Crippen LogP contribution in [0.4, 0.5) is 0 Å². The van der Waals surface area contributed by atoms with Crippen LogP contribution in [0.2, 0.25) is 0 Å². The lowest BCUT2D eigenvalue weighted by atomic mass is 9.82. The van der Waals surface area contributed by atoms with Crippen LogP contribution in [0.3, 0.4) is 0 Å². The van der Waals surface area contributed by atoms with Crippen molar-refractivity contribution in [2.45, 2.75) is 44.1 Å². The standard InChI is InChI=1S/C13H16N4O2/c18-13(4-2-1-3-5-13)8-11-16-12(17-19-11)10-9-14-6-7-15-10/h6-7,9,18H,1-5,8H2. The minimum absolute atomic E-state index is 0.417. The van der Waals surface area contributed by atoms with Crippen LogP contribution in [0.5, 0.6) is 0 Å². The Morgan fingerprint density at radius 1 is 1.21 bits per heavy atom. The first-order valence-corrected chi connectivity index (χ1v) is 6.57. The molecule has 1 fully saturated rings. The first-order valence-electron chi connectivity index (χ1n) is 6.57. The summed E-state index contributed by atoms with van der Waals surface area (Å²) in [5.74, 6) is 0.882. The van der Waals surface area contributed by atoms with Gasteiger partial charge < -0.3 is 9.63 Å². The molecular formula is C13H16N4O2. The molecule has 19 heavy (non-hydrogen) atoms. The van der Waals surface area contributed by atoms with E-state index in [-0.39, 0.29) is 0 Å². The Morgan fingerprint density at radius 3 is 2.79 bits per heavy atom. The molecule has 3 rings (SSSR count). The number of aromatic nitrogens is 4. The molecule has 1 N–H and O–H groups in total. The van der Waals surface area contributed by atoms with E-state index >= 15 is 0 Å². The molecule has 2 heterocycles. The third-order valence-corrected chi connectivity index (χ3v) is 3.52. The summed E-state index contributed by atoms with van der Waals surface area (Å²) in [5, 5.41) is 14.3. The molecule has 6 heteroatoms. The number of hydrogen-bond donors (Lipinski definition) is 1. The zero-order valence-corrected chi connectivity index (χ0v) is 10.6. The highest BCUT2D eigenvalue weighted by Crippen LogP contribution is 2.31. The van der Waals surface area contributed by atoms with E-state index in [0.717, 1.165) is 25.7 Å². The second-order valence-corrected chi connectivity index (χ2v) is 5.06. The largest absolute Gasteiger partial charge is 0.389 e. The van der Waals surface area contributed by atoms with Gasteiger partial charge in [-0.1, -0.05) is 24.4 Å². The third-order valence-electron chi connectivity index (χ3n) is 3.52. The molecule has 100 valence electrons. The Bertz CT molecular complexity index is 535. The molecule has 0 radical (unpaired) electrons. The van der Waals surface area contributed by atoms with Gasteiger partial charge in [-0.15, -0.1) is 0 Å². The maximum Gasteiger partial charge on any atom is 0.229 e. The Kier molecular flexibility index (Phi) is 3.25. The summed E-state index contributed by atoms with van der Waals surface area (Å²) in [6, 6.07) is 0. The topological polar surface area (TPSA) is 84.9 Å². The van der Waals surface area contributed by atoms with Crippen molar-refractivity contribution in [1.29, 1.82) is 0 Å². The summed E-state index contributed by atoms with van der Waals surface area (Å²) in [6.45, 7) is 0. The first-order chi connectivity index (χ1) is 9.25. The van der Waals surface area contributed by atoms with Crippen LogP contribution < -0.4 is 0 Å². The highest BCUT2D eigenvalue weighted by atomic mass is 16.5. The van der Waals surface area contributed by atoms with Gasteiger partial charge in [0.1, 0.15) is 5.69 Å². The zero-order chi connectivity index (χ0) is 13.1. The van der Waals surface area contributed by atoms with Crippen LogP contribution in [0.1, 0.15) is 38.0 Å². The zero-order valence-electron chi connectivity index (χ0n) is 10.6. The number of hydrogen-bond acceptors (Lipinski definition) is 6. The van der Waals surface area contributed by atoms with Crippen LogP contribution in [0.25, 0.3) is 11.5 Å². The van der Waals surface area contributed by atoms with Crippen molar-refractivity contribution in [1.82, 2.24) is 20.1 Å². The molecule has 0 bridgehead atoms. The lowest BCUT2D eigenvalue weighted by molar-refractivity contribution is -0.00181. The molecule has 2 aromatic heterocycles. The average Bonchev–Trinajstić information content (AvgIpc) is 2.88. The van der Waals surface area contributed by atoms with Gasteiger partial charge in [0.15, 0.2) is 0 Å². The minimum Gasteiger partial charge on any atom is -0.389 e. The molecular weight excluding hydrogens is 244 g/mol. The molecule has 1 saturated carbocycles. The fourth-order valence-corrected chi connectivity index (χ4v) is 2.51. The molecule has 1 aliphatic carbocycles. The SMILES string of the molecule is OC1(Cc2nc(-c3cnccn3)no2)CCCCC1. The maximum atomic E-state index is 10.4. The molecule has 0 aliphatic heterocycles. The second kappa shape index (κ2) is 5.05. The summed E-state index contributed by atoms with van der Waals surface area (Å²) < 4.78 is 5.20. The normalized spacial score (nSPS) is 18.4. The van der Waals surface area contributed by atoms with Crippen LogP contribution in [-0.2, 0) is 6.42 Å². The lowest BCUT2D eigenvalue weighted by Gasteiger charge is -2.30. The second-order valence-electron chi connectivity index (χ2n) is 5.06. The summed E-state index contributed by atoms with van der Waals surface area (Å²) >= 11 is 0. The smallest absolute Gasteiger partial charge is 0.229 e. The maximum absolute atomic E-state index is 10.4. The van der Waals surface area contributed by atoms with Gasteiger partial charge in [0, 0.05) is 12.4 Å². The van der Waals surface area contributed by atoms with Gasteiger partial charge in [-0.2, -0.15) is 4.98 Å². The van der Waals surface area contributed by atoms with E-state index in [0.29, 0.717) is 23.8 Å². The van der Waals surface area contributed by atoms with Crippen molar-refractivity contribution in [2.24, 2.45) is 0 Å². The van der Waals surface area contributed by atoms with Crippen molar-refractivity contribution in [3.8, 4) is 11.5 Å². The number of rotatable bonds is 3. The van der Waals surface area contributed by atoms with E-state index in [1.807, 2.05) is 0 Å². The fraction of sp³-hybridized carbons (Fsp3) is 0.538. The van der Waals surface area contributed by atoms with E-state index in [2.05, 4.69) is 20.1 Å². The van der Waals surface area contributed by atoms with Gasteiger partial charge in [0.2, 0.25) is 11.7 Å². The van der Waals surface area contributed by atoms with E-state index in [4.69, 9.17) is 4.52 Å².